The van der Waals surface area contributed by atoms with Crippen molar-refractivity contribution in [3.05, 3.63) is 0 Å². The highest BCUT2D eigenvalue weighted by molar-refractivity contribution is 7.58. The van der Waals surface area contributed by atoms with Crippen LogP contribution in [0.4, 0.5) is 4.79 Å². The van der Waals surface area contributed by atoms with Crippen molar-refractivity contribution >= 4 is 13.6 Å². The Morgan fingerprint density at radius 2 is 1.56 bits per heavy atom. The molecule has 2 aliphatic heterocycles. The second-order valence-corrected chi connectivity index (χ2v) is 8.31. The normalized spacial score (nSPS) is 34.3. The summed E-state index contributed by atoms with van der Waals surface area (Å²) in [7, 11) is -1.70. The fourth-order valence-corrected chi connectivity index (χ4v) is 5.44. The van der Waals surface area contributed by atoms with Crippen LogP contribution in [0, 0.1) is 0 Å². The topological polar surface area (TPSA) is 73.5 Å². The lowest BCUT2D eigenvalue weighted by Gasteiger charge is -2.25. The van der Waals surface area contributed by atoms with Crippen LogP contribution < -0.4 is 10.6 Å². The molecule has 0 spiro atoms. The van der Waals surface area contributed by atoms with E-state index in [1.165, 1.54) is 7.11 Å². The van der Waals surface area contributed by atoms with E-state index in [1.807, 2.05) is 37.0 Å². The molecular formula is C10H21N4O3P. The molecule has 2 unspecified atom stereocenters. The Morgan fingerprint density at radius 1 is 1.17 bits per heavy atom. The standard InChI is InChI=1S/C10H21N4O3P/c1-9(2)6-13(9)18(16,12-8(15)11-17-5)14-7-10(14,3)4/h6-7H2,1-5H3,(H2,11,12,15,16). The molecule has 2 aliphatic rings. The van der Waals surface area contributed by atoms with E-state index in [4.69, 9.17) is 0 Å². The minimum absolute atomic E-state index is 0.130. The highest BCUT2D eigenvalue weighted by atomic mass is 31.2. The van der Waals surface area contributed by atoms with Crippen molar-refractivity contribution in [3.8, 4) is 0 Å². The average molecular weight is 276 g/mol. The van der Waals surface area contributed by atoms with Crippen LogP contribution in [0.3, 0.4) is 0 Å². The fraction of sp³-hybridized carbons (Fsp3) is 0.900. The summed E-state index contributed by atoms with van der Waals surface area (Å²) in [5.41, 5.74) is 1.88. The first-order valence-electron chi connectivity index (χ1n) is 5.91. The molecule has 2 rings (SSSR count). The monoisotopic (exact) mass is 276 g/mol. The minimum atomic E-state index is -3.05. The Morgan fingerprint density at radius 3 is 1.83 bits per heavy atom. The van der Waals surface area contributed by atoms with Gasteiger partial charge in [0.05, 0.1) is 7.11 Å². The summed E-state index contributed by atoms with van der Waals surface area (Å²) >= 11 is 0. The highest BCUT2D eigenvalue weighted by Gasteiger charge is 2.64. The van der Waals surface area contributed by atoms with Gasteiger partial charge in [0.15, 0.2) is 0 Å². The van der Waals surface area contributed by atoms with Crippen LogP contribution in [-0.2, 0) is 9.40 Å². The molecule has 0 aromatic carbocycles. The lowest BCUT2D eigenvalue weighted by Crippen LogP contribution is -2.37. The maximum absolute atomic E-state index is 13.1. The first kappa shape index (κ1) is 13.8. The Balaban J connectivity index is 2.15. The molecule has 0 bridgehead atoms. The van der Waals surface area contributed by atoms with Gasteiger partial charge < -0.3 is 0 Å². The lowest BCUT2D eigenvalue weighted by atomic mass is 10.2. The molecule has 7 nitrogen and oxygen atoms in total. The molecule has 2 atom stereocenters. The van der Waals surface area contributed by atoms with E-state index in [9.17, 15) is 9.36 Å². The molecule has 2 N–H and O–H groups in total. The third-order valence-electron chi connectivity index (χ3n) is 3.36. The van der Waals surface area contributed by atoms with Gasteiger partial charge >= 0.3 is 13.6 Å². The van der Waals surface area contributed by atoms with E-state index in [0.29, 0.717) is 13.1 Å². The van der Waals surface area contributed by atoms with Gasteiger partial charge in [0.1, 0.15) is 0 Å². The van der Waals surface area contributed by atoms with Crippen molar-refractivity contribution in [1.82, 2.24) is 19.9 Å². The molecule has 8 heteroatoms. The summed E-state index contributed by atoms with van der Waals surface area (Å²) in [6.07, 6.45) is 0. The number of nitrogens with one attached hydrogen (secondary N) is 2. The van der Waals surface area contributed by atoms with Gasteiger partial charge in [-0.3, -0.25) is 14.5 Å². The molecule has 2 fully saturated rings. The summed E-state index contributed by atoms with van der Waals surface area (Å²) in [6.45, 7) is 9.45. The number of hydrogen-bond acceptors (Lipinski definition) is 3. The summed E-state index contributed by atoms with van der Waals surface area (Å²) in [5.74, 6) is 0. The van der Waals surface area contributed by atoms with Gasteiger partial charge in [0.2, 0.25) is 0 Å². The van der Waals surface area contributed by atoms with Crippen molar-refractivity contribution in [2.75, 3.05) is 20.2 Å². The predicted molar refractivity (Wildman–Crippen MR) is 67.9 cm³/mol. The largest absolute Gasteiger partial charge is 0.346 e. The predicted octanol–water partition coefficient (Wildman–Crippen LogP) is 1.14. The van der Waals surface area contributed by atoms with Gasteiger partial charge in [0, 0.05) is 24.2 Å². The van der Waals surface area contributed by atoms with Crippen molar-refractivity contribution < 1.29 is 14.2 Å². The zero-order valence-electron chi connectivity index (χ0n) is 11.5. The number of nitrogens with zero attached hydrogens (tertiary/aromatic N) is 2. The number of hydroxylamine groups is 1. The zero-order chi connectivity index (χ0) is 13.8. The summed E-state index contributed by atoms with van der Waals surface area (Å²) in [6, 6.07) is -0.578. The zero-order valence-corrected chi connectivity index (χ0v) is 12.4. The minimum Gasteiger partial charge on any atom is -0.276 e. The van der Waals surface area contributed by atoms with Gasteiger partial charge in [-0.2, -0.15) is 0 Å². The Bertz CT molecular complexity index is 397. The van der Waals surface area contributed by atoms with Crippen molar-refractivity contribution in [3.63, 3.8) is 0 Å². The quantitative estimate of drug-likeness (QED) is 0.457. The van der Waals surface area contributed by atoms with Gasteiger partial charge in [-0.05, 0) is 27.7 Å². The number of carbonyl (C=O) groups is 1. The number of amides is 2. The molecule has 2 amide bonds. The maximum Gasteiger partial charge on any atom is 0.346 e. The highest BCUT2D eigenvalue weighted by Crippen LogP contribution is 2.67. The number of urea groups is 1. The Labute approximate surface area is 107 Å². The molecule has 0 aromatic rings. The van der Waals surface area contributed by atoms with E-state index >= 15 is 0 Å². The summed E-state index contributed by atoms with van der Waals surface area (Å²) in [5, 5.41) is 2.56. The molecule has 0 aromatic heterocycles. The molecule has 0 radical (unpaired) electrons. The molecule has 2 heterocycles. The molecule has 18 heavy (non-hydrogen) atoms. The van der Waals surface area contributed by atoms with Gasteiger partial charge in [-0.1, -0.05) is 0 Å². The summed E-state index contributed by atoms with van der Waals surface area (Å²) in [4.78, 5) is 16.1. The van der Waals surface area contributed by atoms with Crippen molar-refractivity contribution in [2.45, 2.75) is 38.8 Å². The van der Waals surface area contributed by atoms with Crippen LogP contribution in [-0.4, -0.2) is 46.6 Å². The third-order valence-corrected chi connectivity index (χ3v) is 6.53. The van der Waals surface area contributed by atoms with E-state index < -0.39 is 13.6 Å². The van der Waals surface area contributed by atoms with Crippen LogP contribution in [0.15, 0.2) is 0 Å². The molecular weight excluding hydrogens is 255 g/mol. The van der Waals surface area contributed by atoms with Crippen LogP contribution in [0.5, 0.6) is 0 Å². The van der Waals surface area contributed by atoms with Crippen LogP contribution in [0.1, 0.15) is 27.7 Å². The number of rotatable bonds is 4. The van der Waals surface area contributed by atoms with Crippen LogP contribution >= 0.6 is 7.59 Å². The van der Waals surface area contributed by atoms with Crippen molar-refractivity contribution in [2.24, 2.45) is 0 Å². The van der Waals surface area contributed by atoms with Gasteiger partial charge in [0.25, 0.3) is 0 Å². The van der Waals surface area contributed by atoms with E-state index in [1.54, 1.807) is 0 Å². The van der Waals surface area contributed by atoms with Crippen LogP contribution in [0.25, 0.3) is 0 Å². The number of hydrogen-bond donors (Lipinski definition) is 2. The van der Waals surface area contributed by atoms with Crippen LogP contribution in [0.2, 0.25) is 0 Å². The number of carbonyl (C=O) groups excluding carboxylic acids is 1. The van der Waals surface area contributed by atoms with Crippen molar-refractivity contribution in [1.29, 1.82) is 0 Å². The van der Waals surface area contributed by atoms with Gasteiger partial charge in [-0.25, -0.2) is 19.6 Å². The summed E-state index contributed by atoms with van der Waals surface area (Å²) < 4.78 is 16.8. The Hall–Kier alpha value is -0.620. The van der Waals surface area contributed by atoms with E-state index in [-0.39, 0.29) is 11.1 Å². The molecule has 2 saturated heterocycles. The first-order valence-corrected chi connectivity index (χ1v) is 7.52. The van der Waals surface area contributed by atoms with E-state index in [0.717, 1.165) is 0 Å². The SMILES string of the molecule is CONC(=O)NP(=O)(N1CC1(C)C)N1CC1(C)C. The van der Waals surface area contributed by atoms with E-state index in [2.05, 4.69) is 15.4 Å². The smallest absolute Gasteiger partial charge is 0.276 e. The second-order valence-electron chi connectivity index (χ2n) is 6.03. The second kappa shape index (κ2) is 3.93. The third kappa shape index (κ3) is 2.28. The molecule has 0 saturated carbocycles. The maximum atomic E-state index is 13.1. The molecule has 104 valence electrons. The fourth-order valence-electron chi connectivity index (χ4n) is 2.09. The lowest BCUT2D eigenvalue weighted by molar-refractivity contribution is 0.110. The molecule has 0 aliphatic carbocycles. The first-order chi connectivity index (χ1) is 8.13. The van der Waals surface area contributed by atoms with Gasteiger partial charge in [-0.15, -0.1) is 0 Å². The average Bonchev–Trinajstić information content (AvgIpc) is 3.03. The Kier molecular flexibility index (Phi) is 3.02.